The van der Waals surface area contributed by atoms with Gasteiger partial charge in [0.15, 0.2) is 11.5 Å². The third-order valence-electron chi connectivity index (χ3n) is 4.62. The average Bonchev–Trinajstić information content (AvgIpc) is 3.09. The van der Waals surface area contributed by atoms with Crippen LogP contribution in [0.25, 0.3) is 0 Å². The molecule has 102 valence electrons. The lowest BCUT2D eigenvalue weighted by Crippen LogP contribution is -2.17. The Labute approximate surface area is 112 Å². The van der Waals surface area contributed by atoms with Gasteiger partial charge in [0.1, 0.15) is 0 Å². The van der Waals surface area contributed by atoms with Crippen LogP contribution in [0.2, 0.25) is 0 Å². The topological polar surface area (TPSA) is 75.1 Å². The molecule has 1 atom stereocenters. The summed E-state index contributed by atoms with van der Waals surface area (Å²) < 4.78 is 0. The standard InChI is InChI=1S/C14H19N3O2/c18-13(19)11-12(16-7-6-15-11)17-9-10-8-14(10)4-2-1-3-5-14/h6-7,10H,1-5,8-9H2,(H,16,17)(H,18,19). The fraction of sp³-hybridized carbons (Fsp3) is 0.643. The van der Waals surface area contributed by atoms with Crippen LogP contribution in [0.3, 0.4) is 0 Å². The molecule has 5 heteroatoms. The van der Waals surface area contributed by atoms with Crippen LogP contribution in [0.4, 0.5) is 5.82 Å². The second kappa shape index (κ2) is 4.79. The van der Waals surface area contributed by atoms with Crippen LogP contribution in [0.1, 0.15) is 49.0 Å². The molecule has 3 rings (SSSR count). The Morgan fingerprint density at radius 3 is 2.79 bits per heavy atom. The van der Waals surface area contributed by atoms with Crippen molar-refractivity contribution in [1.29, 1.82) is 0 Å². The molecular weight excluding hydrogens is 242 g/mol. The number of aromatic carboxylic acids is 1. The average molecular weight is 261 g/mol. The molecule has 2 fully saturated rings. The maximum atomic E-state index is 11.0. The molecule has 0 aliphatic heterocycles. The summed E-state index contributed by atoms with van der Waals surface area (Å²) in [6.45, 7) is 0.818. The van der Waals surface area contributed by atoms with Crippen molar-refractivity contribution in [2.75, 3.05) is 11.9 Å². The summed E-state index contributed by atoms with van der Waals surface area (Å²) in [6, 6.07) is 0. The van der Waals surface area contributed by atoms with Crippen molar-refractivity contribution in [3.8, 4) is 0 Å². The van der Waals surface area contributed by atoms with Gasteiger partial charge in [0, 0.05) is 18.9 Å². The van der Waals surface area contributed by atoms with E-state index in [1.165, 1.54) is 50.9 Å². The number of anilines is 1. The summed E-state index contributed by atoms with van der Waals surface area (Å²) in [7, 11) is 0. The molecule has 0 bridgehead atoms. The summed E-state index contributed by atoms with van der Waals surface area (Å²) in [5, 5.41) is 12.2. The van der Waals surface area contributed by atoms with E-state index in [0.29, 0.717) is 17.2 Å². The van der Waals surface area contributed by atoms with E-state index in [-0.39, 0.29) is 5.69 Å². The number of carboxylic acids is 1. The fourth-order valence-electron chi connectivity index (χ4n) is 3.43. The van der Waals surface area contributed by atoms with Crippen LogP contribution in [0.5, 0.6) is 0 Å². The first-order valence-electron chi connectivity index (χ1n) is 6.99. The minimum atomic E-state index is -1.03. The highest BCUT2D eigenvalue weighted by molar-refractivity contribution is 5.90. The van der Waals surface area contributed by atoms with Crippen molar-refractivity contribution in [1.82, 2.24) is 9.97 Å². The van der Waals surface area contributed by atoms with Gasteiger partial charge in [0.2, 0.25) is 0 Å². The second-order valence-corrected chi connectivity index (χ2v) is 5.76. The zero-order chi connectivity index (χ0) is 13.3. The highest BCUT2D eigenvalue weighted by atomic mass is 16.4. The predicted octanol–water partition coefficient (Wildman–Crippen LogP) is 2.56. The molecule has 1 aromatic heterocycles. The second-order valence-electron chi connectivity index (χ2n) is 5.76. The highest BCUT2D eigenvalue weighted by Gasteiger charge is 2.53. The van der Waals surface area contributed by atoms with Crippen LogP contribution in [0, 0.1) is 11.3 Å². The van der Waals surface area contributed by atoms with Crippen LogP contribution in [0.15, 0.2) is 12.4 Å². The number of carboxylic acid groups (broad SMARTS) is 1. The molecule has 2 N–H and O–H groups in total. The van der Waals surface area contributed by atoms with E-state index in [0.717, 1.165) is 6.54 Å². The Hall–Kier alpha value is -1.65. The Morgan fingerprint density at radius 1 is 1.32 bits per heavy atom. The van der Waals surface area contributed by atoms with E-state index in [2.05, 4.69) is 15.3 Å². The number of nitrogens with one attached hydrogen (secondary N) is 1. The van der Waals surface area contributed by atoms with Gasteiger partial charge in [-0.05, 0) is 30.6 Å². The highest BCUT2D eigenvalue weighted by Crippen LogP contribution is 2.61. The molecule has 1 spiro atoms. The normalized spacial score (nSPS) is 24.1. The van der Waals surface area contributed by atoms with Gasteiger partial charge in [0.25, 0.3) is 0 Å². The van der Waals surface area contributed by atoms with Gasteiger partial charge in [-0.15, -0.1) is 0 Å². The van der Waals surface area contributed by atoms with Gasteiger partial charge in [-0.3, -0.25) is 0 Å². The quantitative estimate of drug-likeness (QED) is 0.871. The molecule has 5 nitrogen and oxygen atoms in total. The van der Waals surface area contributed by atoms with Crippen LogP contribution in [-0.4, -0.2) is 27.6 Å². The molecule has 0 radical (unpaired) electrons. The Morgan fingerprint density at radius 2 is 2.05 bits per heavy atom. The zero-order valence-electron chi connectivity index (χ0n) is 10.9. The predicted molar refractivity (Wildman–Crippen MR) is 71.1 cm³/mol. The largest absolute Gasteiger partial charge is 0.476 e. The van der Waals surface area contributed by atoms with Crippen molar-refractivity contribution in [2.24, 2.45) is 11.3 Å². The molecule has 0 saturated heterocycles. The molecular formula is C14H19N3O2. The molecule has 19 heavy (non-hydrogen) atoms. The van der Waals surface area contributed by atoms with Crippen molar-refractivity contribution >= 4 is 11.8 Å². The number of carbonyl (C=O) groups is 1. The van der Waals surface area contributed by atoms with Crippen molar-refractivity contribution in [3.63, 3.8) is 0 Å². The first kappa shape index (κ1) is 12.4. The van der Waals surface area contributed by atoms with Crippen LogP contribution in [-0.2, 0) is 0 Å². The van der Waals surface area contributed by atoms with Gasteiger partial charge in [0.05, 0.1) is 0 Å². The lowest BCUT2D eigenvalue weighted by molar-refractivity contribution is 0.0691. The van der Waals surface area contributed by atoms with E-state index in [1.807, 2.05) is 0 Å². The third kappa shape index (κ3) is 2.41. The Bertz CT molecular complexity index is 483. The zero-order valence-corrected chi connectivity index (χ0v) is 10.9. The van der Waals surface area contributed by atoms with Crippen molar-refractivity contribution < 1.29 is 9.90 Å². The molecule has 0 aromatic carbocycles. The van der Waals surface area contributed by atoms with Gasteiger partial charge in [-0.2, -0.15) is 0 Å². The molecule has 1 unspecified atom stereocenters. The maximum Gasteiger partial charge on any atom is 0.358 e. The first-order chi connectivity index (χ1) is 9.21. The molecule has 0 amide bonds. The smallest absolute Gasteiger partial charge is 0.358 e. The van der Waals surface area contributed by atoms with Gasteiger partial charge in [-0.25, -0.2) is 14.8 Å². The number of nitrogens with zero attached hydrogens (tertiary/aromatic N) is 2. The molecule has 1 heterocycles. The Kier molecular flexibility index (Phi) is 3.12. The lowest BCUT2D eigenvalue weighted by Gasteiger charge is -2.22. The number of hydrogen-bond acceptors (Lipinski definition) is 4. The summed E-state index contributed by atoms with van der Waals surface area (Å²) in [5.41, 5.74) is 0.567. The number of hydrogen-bond donors (Lipinski definition) is 2. The molecule has 2 aliphatic rings. The van der Waals surface area contributed by atoms with Gasteiger partial charge >= 0.3 is 5.97 Å². The van der Waals surface area contributed by atoms with E-state index in [4.69, 9.17) is 5.11 Å². The van der Waals surface area contributed by atoms with E-state index in [9.17, 15) is 4.79 Å². The minimum absolute atomic E-state index is 0.0147. The van der Waals surface area contributed by atoms with Crippen molar-refractivity contribution in [2.45, 2.75) is 38.5 Å². The summed E-state index contributed by atoms with van der Waals surface area (Å²) in [4.78, 5) is 19.0. The fourth-order valence-corrected chi connectivity index (χ4v) is 3.43. The monoisotopic (exact) mass is 261 g/mol. The summed E-state index contributed by atoms with van der Waals surface area (Å²) in [5.74, 6) is 0.0445. The number of aromatic nitrogens is 2. The SMILES string of the molecule is O=C(O)c1nccnc1NCC1CC12CCCCC2. The molecule has 2 aliphatic carbocycles. The summed E-state index contributed by atoms with van der Waals surface area (Å²) >= 11 is 0. The number of rotatable bonds is 4. The lowest BCUT2D eigenvalue weighted by atomic mass is 9.84. The van der Waals surface area contributed by atoms with E-state index in [1.54, 1.807) is 0 Å². The van der Waals surface area contributed by atoms with Crippen LogP contribution >= 0.6 is 0 Å². The van der Waals surface area contributed by atoms with E-state index < -0.39 is 5.97 Å². The summed E-state index contributed by atoms with van der Waals surface area (Å²) in [6.07, 6.45) is 11.0. The molecule has 1 aromatic rings. The first-order valence-corrected chi connectivity index (χ1v) is 6.99. The van der Waals surface area contributed by atoms with Gasteiger partial charge in [-0.1, -0.05) is 19.3 Å². The van der Waals surface area contributed by atoms with Crippen molar-refractivity contribution in [3.05, 3.63) is 18.1 Å². The van der Waals surface area contributed by atoms with E-state index >= 15 is 0 Å². The third-order valence-corrected chi connectivity index (χ3v) is 4.62. The Balaban J connectivity index is 1.60. The maximum absolute atomic E-state index is 11.0. The van der Waals surface area contributed by atoms with Crippen LogP contribution < -0.4 is 5.32 Å². The molecule has 2 saturated carbocycles. The minimum Gasteiger partial charge on any atom is -0.476 e. The van der Waals surface area contributed by atoms with Gasteiger partial charge < -0.3 is 10.4 Å².